The van der Waals surface area contributed by atoms with Gasteiger partial charge in [-0.05, 0) is 25.5 Å². The van der Waals surface area contributed by atoms with Gasteiger partial charge in [0.05, 0.1) is 11.9 Å². The minimum atomic E-state index is -0.370. The van der Waals surface area contributed by atoms with Crippen molar-refractivity contribution in [2.45, 2.75) is 27.3 Å². The lowest BCUT2D eigenvalue weighted by atomic mass is 10.2. The van der Waals surface area contributed by atoms with Gasteiger partial charge in [-0.25, -0.2) is 14.1 Å². The quantitative estimate of drug-likeness (QED) is 0.889. The number of rotatable bonds is 6. The van der Waals surface area contributed by atoms with Crippen molar-refractivity contribution in [2.75, 3.05) is 6.54 Å². The first-order valence-electron chi connectivity index (χ1n) is 6.99. The van der Waals surface area contributed by atoms with Crippen LogP contribution in [0.4, 0.5) is 4.39 Å². The first kappa shape index (κ1) is 15.4. The van der Waals surface area contributed by atoms with Crippen molar-refractivity contribution in [1.82, 2.24) is 20.1 Å². The van der Waals surface area contributed by atoms with Gasteiger partial charge in [-0.3, -0.25) is 0 Å². The molecule has 6 heteroatoms. The minimum Gasteiger partial charge on any atom is -0.421 e. The Balaban J connectivity index is 2.16. The van der Waals surface area contributed by atoms with Gasteiger partial charge in [0.2, 0.25) is 11.8 Å². The van der Waals surface area contributed by atoms with Crippen LogP contribution in [0.1, 0.15) is 25.1 Å². The van der Waals surface area contributed by atoms with E-state index in [1.807, 2.05) is 13.0 Å². The topological polar surface area (TPSA) is 52.0 Å². The van der Waals surface area contributed by atoms with E-state index in [2.05, 4.69) is 29.2 Å². The summed E-state index contributed by atoms with van der Waals surface area (Å²) in [6.07, 6.45) is 1.16. The maximum Gasteiger partial charge on any atom is 0.225 e. The third-order valence-corrected chi connectivity index (χ3v) is 2.92. The van der Waals surface area contributed by atoms with Gasteiger partial charge in [-0.1, -0.05) is 13.8 Å². The van der Waals surface area contributed by atoms with Crippen LogP contribution < -0.4 is 10.1 Å². The average Bonchev–Trinajstić information content (AvgIpc) is 2.70. The summed E-state index contributed by atoms with van der Waals surface area (Å²) in [6, 6.07) is 3.26. The molecule has 0 spiro atoms. The number of nitrogens with one attached hydrogen (secondary N) is 1. The summed E-state index contributed by atoms with van der Waals surface area (Å²) in [7, 11) is 1.79. The highest BCUT2D eigenvalue weighted by atomic mass is 19.1. The number of ether oxygens (including phenoxy) is 1. The van der Waals surface area contributed by atoms with Gasteiger partial charge in [0.15, 0.2) is 0 Å². The zero-order valence-corrected chi connectivity index (χ0v) is 12.9. The fourth-order valence-electron chi connectivity index (χ4n) is 1.96. The second-order valence-electron chi connectivity index (χ2n) is 5.49. The molecule has 0 unspecified atom stereocenters. The zero-order valence-electron chi connectivity index (χ0n) is 12.9. The van der Waals surface area contributed by atoms with Gasteiger partial charge in [0.1, 0.15) is 5.82 Å². The molecule has 0 bridgehead atoms. The van der Waals surface area contributed by atoms with Crippen molar-refractivity contribution in [3.63, 3.8) is 0 Å². The third-order valence-electron chi connectivity index (χ3n) is 2.92. The molecule has 0 amide bonds. The maximum atomic E-state index is 13.4. The SMILES string of the molecule is Cc1cc(Oc2ncc(F)cc2CNCC(C)C)n(C)n1. The first-order valence-corrected chi connectivity index (χ1v) is 6.99. The van der Waals surface area contributed by atoms with Crippen LogP contribution in [0.25, 0.3) is 0 Å². The number of hydrogen-bond donors (Lipinski definition) is 1. The van der Waals surface area contributed by atoms with Gasteiger partial charge >= 0.3 is 0 Å². The van der Waals surface area contributed by atoms with Crippen LogP contribution in [0.3, 0.4) is 0 Å². The molecule has 0 saturated heterocycles. The second-order valence-corrected chi connectivity index (χ2v) is 5.49. The van der Waals surface area contributed by atoms with Crippen molar-refractivity contribution in [3.05, 3.63) is 35.4 Å². The van der Waals surface area contributed by atoms with Crippen LogP contribution in [-0.2, 0) is 13.6 Å². The van der Waals surface area contributed by atoms with Crippen molar-refractivity contribution < 1.29 is 9.13 Å². The fourth-order valence-corrected chi connectivity index (χ4v) is 1.96. The lowest BCUT2D eigenvalue weighted by Gasteiger charge is -2.12. The fraction of sp³-hybridized carbons (Fsp3) is 0.467. The van der Waals surface area contributed by atoms with Crippen LogP contribution in [0.2, 0.25) is 0 Å². The third kappa shape index (κ3) is 4.26. The summed E-state index contributed by atoms with van der Waals surface area (Å²) < 4.78 is 20.8. The van der Waals surface area contributed by atoms with Crippen molar-refractivity contribution >= 4 is 0 Å². The maximum absolute atomic E-state index is 13.4. The molecule has 0 saturated carbocycles. The molecule has 2 aromatic heterocycles. The molecule has 21 heavy (non-hydrogen) atoms. The van der Waals surface area contributed by atoms with E-state index in [1.54, 1.807) is 11.7 Å². The Hall–Kier alpha value is -1.95. The number of nitrogens with zero attached hydrogens (tertiary/aromatic N) is 3. The van der Waals surface area contributed by atoms with E-state index in [0.29, 0.717) is 29.8 Å². The highest BCUT2D eigenvalue weighted by Gasteiger charge is 2.11. The van der Waals surface area contributed by atoms with Gasteiger partial charge in [0, 0.05) is 25.2 Å². The number of halogens is 1. The molecular weight excluding hydrogens is 271 g/mol. The molecule has 0 radical (unpaired) electrons. The van der Waals surface area contributed by atoms with E-state index in [0.717, 1.165) is 18.4 Å². The molecular formula is C15H21FN4O. The molecule has 0 atom stereocenters. The van der Waals surface area contributed by atoms with Gasteiger partial charge in [-0.2, -0.15) is 5.10 Å². The summed E-state index contributed by atoms with van der Waals surface area (Å²) in [5.74, 6) is 1.13. The Kier molecular flexibility index (Phi) is 4.90. The predicted molar refractivity (Wildman–Crippen MR) is 78.8 cm³/mol. The van der Waals surface area contributed by atoms with E-state index in [4.69, 9.17) is 4.74 Å². The Morgan fingerprint density at radius 2 is 2.14 bits per heavy atom. The Labute approximate surface area is 124 Å². The molecule has 0 aliphatic carbocycles. The van der Waals surface area contributed by atoms with Crippen LogP contribution in [0.15, 0.2) is 18.3 Å². The van der Waals surface area contributed by atoms with E-state index in [1.165, 1.54) is 6.07 Å². The molecule has 114 valence electrons. The Morgan fingerprint density at radius 1 is 1.38 bits per heavy atom. The van der Waals surface area contributed by atoms with Gasteiger partial charge in [0.25, 0.3) is 0 Å². The van der Waals surface area contributed by atoms with Crippen LogP contribution >= 0.6 is 0 Å². The molecule has 5 nitrogen and oxygen atoms in total. The highest BCUT2D eigenvalue weighted by Crippen LogP contribution is 2.23. The lowest BCUT2D eigenvalue weighted by molar-refractivity contribution is 0.405. The molecule has 0 fully saturated rings. The molecule has 2 rings (SSSR count). The summed E-state index contributed by atoms with van der Waals surface area (Å²) in [6.45, 7) is 7.48. The average molecular weight is 292 g/mol. The van der Waals surface area contributed by atoms with E-state index in [-0.39, 0.29) is 5.82 Å². The molecule has 2 heterocycles. The number of pyridine rings is 1. The number of hydrogen-bond acceptors (Lipinski definition) is 4. The molecule has 2 aromatic rings. The van der Waals surface area contributed by atoms with Gasteiger partial charge in [-0.15, -0.1) is 0 Å². The Morgan fingerprint density at radius 3 is 2.76 bits per heavy atom. The normalized spacial score (nSPS) is 11.1. The van der Waals surface area contributed by atoms with Crippen LogP contribution in [0.5, 0.6) is 11.8 Å². The Bertz CT molecular complexity index is 610. The summed E-state index contributed by atoms with van der Waals surface area (Å²) in [5, 5.41) is 7.48. The van der Waals surface area contributed by atoms with Crippen LogP contribution in [-0.4, -0.2) is 21.3 Å². The van der Waals surface area contributed by atoms with Crippen molar-refractivity contribution in [3.8, 4) is 11.8 Å². The standard InChI is InChI=1S/C15H21FN4O/c1-10(2)7-17-8-12-6-13(16)9-18-15(12)21-14-5-11(3)19-20(14)4/h5-6,9-10,17H,7-8H2,1-4H3. The van der Waals surface area contributed by atoms with E-state index < -0.39 is 0 Å². The summed E-state index contributed by atoms with van der Waals surface area (Å²) in [4.78, 5) is 4.04. The zero-order chi connectivity index (χ0) is 15.4. The lowest BCUT2D eigenvalue weighted by Crippen LogP contribution is -2.19. The molecule has 0 aromatic carbocycles. The van der Waals surface area contributed by atoms with Gasteiger partial charge < -0.3 is 10.1 Å². The van der Waals surface area contributed by atoms with Crippen molar-refractivity contribution in [1.29, 1.82) is 0 Å². The van der Waals surface area contributed by atoms with E-state index >= 15 is 0 Å². The smallest absolute Gasteiger partial charge is 0.225 e. The summed E-state index contributed by atoms with van der Waals surface area (Å²) >= 11 is 0. The van der Waals surface area contributed by atoms with Crippen molar-refractivity contribution in [2.24, 2.45) is 13.0 Å². The molecule has 0 aliphatic heterocycles. The summed E-state index contributed by atoms with van der Waals surface area (Å²) in [5.41, 5.74) is 1.54. The number of aryl methyl sites for hydroxylation is 2. The number of aromatic nitrogens is 3. The van der Waals surface area contributed by atoms with Crippen LogP contribution in [0, 0.1) is 18.7 Å². The largest absolute Gasteiger partial charge is 0.421 e. The first-order chi connectivity index (χ1) is 9.95. The highest BCUT2D eigenvalue weighted by molar-refractivity contribution is 5.30. The molecule has 1 N–H and O–H groups in total. The molecule has 0 aliphatic rings. The second kappa shape index (κ2) is 6.67. The van der Waals surface area contributed by atoms with E-state index in [9.17, 15) is 4.39 Å². The minimum absolute atomic E-state index is 0.370. The predicted octanol–water partition coefficient (Wildman–Crippen LogP) is 2.80. The monoisotopic (exact) mass is 292 g/mol.